The molecule has 0 amide bonds. The van der Waals surface area contributed by atoms with Crippen LogP contribution in [-0.4, -0.2) is 27.3 Å². The summed E-state index contributed by atoms with van der Waals surface area (Å²) in [4.78, 5) is 0. The summed E-state index contributed by atoms with van der Waals surface area (Å²) in [6.07, 6.45) is -7.81. The maximum Gasteiger partial charge on any atom is 0.573 e. The van der Waals surface area contributed by atoms with E-state index < -0.39 is 12.7 Å². The molecule has 2 heterocycles. The quantitative estimate of drug-likeness (QED) is 0.306. The minimum absolute atomic E-state index is 0.0593. The predicted molar refractivity (Wildman–Crippen MR) is 107 cm³/mol. The van der Waals surface area contributed by atoms with Crippen molar-refractivity contribution in [2.75, 3.05) is 0 Å². The summed E-state index contributed by atoms with van der Waals surface area (Å²) in [5, 5.41) is 8.11. The van der Waals surface area contributed by atoms with Gasteiger partial charge in [0.2, 0.25) is 0 Å². The van der Waals surface area contributed by atoms with Crippen LogP contribution in [0.15, 0.2) is 66.9 Å². The number of rotatable bonds is 7. The van der Waals surface area contributed by atoms with Gasteiger partial charge in [-0.25, -0.2) is 0 Å². The van der Waals surface area contributed by atoms with Gasteiger partial charge in [-0.3, -0.25) is 4.40 Å². The topological polar surface area (TPSA) is 57.9 Å². The van der Waals surface area contributed by atoms with Crippen LogP contribution < -0.4 is 9.47 Å². The Morgan fingerprint density at radius 1 is 0.647 bits per heavy atom. The third-order valence-electron chi connectivity index (χ3n) is 4.55. The summed E-state index contributed by atoms with van der Waals surface area (Å²) in [5.41, 5.74) is 2.52. The highest BCUT2D eigenvalue weighted by atomic mass is 19.4. The number of alkyl halides is 6. The van der Waals surface area contributed by atoms with Gasteiger partial charge in [0.25, 0.3) is 0 Å². The van der Waals surface area contributed by atoms with Crippen LogP contribution >= 0.6 is 0 Å². The SMILES string of the molecule is FC(F)(F)Oc1ccc(COCc2nnc3ccc(-c4ccc(OC(F)(F)F)cc4)cn23)cc1. The molecule has 6 nitrogen and oxygen atoms in total. The van der Waals surface area contributed by atoms with Gasteiger partial charge in [-0.15, -0.1) is 36.5 Å². The number of hydrogen-bond acceptors (Lipinski definition) is 5. The fourth-order valence-corrected chi connectivity index (χ4v) is 3.10. The van der Waals surface area contributed by atoms with Crippen molar-refractivity contribution in [2.24, 2.45) is 0 Å². The molecule has 0 radical (unpaired) electrons. The summed E-state index contributed by atoms with van der Waals surface area (Å²) in [5.74, 6) is -0.190. The van der Waals surface area contributed by atoms with Crippen LogP contribution in [0.2, 0.25) is 0 Å². The lowest BCUT2D eigenvalue weighted by molar-refractivity contribution is -0.275. The second-order valence-electron chi connectivity index (χ2n) is 7.02. The molecule has 0 atom stereocenters. The Hall–Kier alpha value is -3.80. The molecule has 0 unspecified atom stereocenters. The van der Waals surface area contributed by atoms with Crippen LogP contribution in [0.1, 0.15) is 11.4 Å². The van der Waals surface area contributed by atoms with E-state index >= 15 is 0 Å². The van der Waals surface area contributed by atoms with Crippen LogP contribution in [0.5, 0.6) is 11.5 Å². The van der Waals surface area contributed by atoms with E-state index in [9.17, 15) is 26.3 Å². The summed E-state index contributed by atoms with van der Waals surface area (Å²) in [6.45, 7) is 0.172. The molecule has 12 heteroatoms. The number of halogens is 6. The normalized spacial score (nSPS) is 12.2. The molecule has 0 spiro atoms. The molecule has 0 aliphatic heterocycles. The molecule has 0 N–H and O–H groups in total. The first-order chi connectivity index (χ1) is 16.1. The standard InChI is InChI=1S/C22H15F6N3O3/c23-21(24,25)33-17-6-1-14(2-7-17)12-32-13-20-30-29-19-10-5-16(11-31(19)20)15-3-8-18(9-4-15)34-22(26,27)28/h1-11H,12-13H2. The smallest absolute Gasteiger partial charge is 0.406 e. The Balaban J connectivity index is 1.42. The maximum absolute atomic E-state index is 12.3. The molecule has 178 valence electrons. The molecule has 0 fully saturated rings. The third-order valence-corrected chi connectivity index (χ3v) is 4.55. The van der Waals surface area contributed by atoms with Crippen LogP contribution in [0, 0.1) is 0 Å². The van der Waals surface area contributed by atoms with Gasteiger partial charge < -0.3 is 14.2 Å². The Kier molecular flexibility index (Phi) is 6.33. The van der Waals surface area contributed by atoms with E-state index in [1.54, 1.807) is 22.7 Å². The van der Waals surface area contributed by atoms with Crippen molar-refractivity contribution in [2.45, 2.75) is 25.9 Å². The van der Waals surface area contributed by atoms with Gasteiger partial charge in [0, 0.05) is 6.20 Å². The maximum atomic E-state index is 12.3. The van der Waals surface area contributed by atoms with Gasteiger partial charge in [-0.05, 0) is 53.1 Å². The highest BCUT2D eigenvalue weighted by molar-refractivity contribution is 5.65. The van der Waals surface area contributed by atoms with Crippen molar-refractivity contribution in [1.82, 2.24) is 14.6 Å². The number of benzene rings is 2. The van der Waals surface area contributed by atoms with Crippen molar-refractivity contribution >= 4 is 5.65 Å². The zero-order chi connectivity index (χ0) is 24.3. The summed E-state index contributed by atoms with van der Waals surface area (Å²) >= 11 is 0. The zero-order valence-electron chi connectivity index (χ0n) is 17.1. The largest absolute Gasteiger partial charge is 0.573 e. The number of nitrogens with zero attached hydrogens (tertiary/aromatic N) is 3. The lowest BCUT2D eigenvalue weighted by Gasteiger charge is -2.10. The molecule has 4 rings (SSSR count). The number of pyridine rings is 1. The summed E-state index contributed by atoms with van der Waals surface area (Å²) in [6, 6.07) is 14.2. The van der Waals surface area contributed by atoms with E-state index in [4.69, 9.17) is 4.74 Å². The van der Waals surface area contributed by atoms with E-state index in [-0.39, 0.29) is 24.7 Å². The van der Waals surface area contributed by atoms with Gasteiger partial charge in [0.05, 0.1) is 6.61 Å². The fourth-order valence-electron chi connectivity index (χ4n) is 3.10. The molecule has 2 aromatic carbocycles. The molecule has 4 aromatic rings. The Labute approximate surface area is 188 Å². The van der Waals surface area contributed by atoms with Gasteiger partial charge >= 0.3 is 12.7 Å². The highest BCUT2D eigenvalue weighted by Crippen LogP contribution is 2.27. The van der Waals surface area contributed by atoms with Gasteiger partial charge in [0.1, 0.15) is 18.1 Å². The minimum Gasteiger partial charge on any atom is -0.406 e. The molecule has 0 aliphatic rings. The van der Waals surface area contributed by atoms with Crippen molar-refractivity contribution in [3.8, 4) is 22.6 Å². The third kappa shape index (κ3) is 6.16. The van der Waals surface area contributed by atoms with Gasteiger partial charge in [-0.2, -0.15) is 0 Å². The number of fused-ring (bicyclic) bond motifs is 1. The van der Waals surface area contributed by atoms with Gasteiger partial charge in [0.15, 0.2) is 11.5 Å². The molecule has 0 bridgehead atoms. The van der Waals surface area contributed by atoms with E-state index in [1.165, 1.54) is 48.5 Å². The Morgan fingerprint density at radius 2 is 1.21 bits per heavy atom. The number of ether oxygens (including phenoxy) is 3. The average Bonchev–Trinajstić information content (AvgIpc) is 3.16. The predicted octanol–water partition coefficient (Wildman–Crippen LogP) is 5.91. The molecule has 0 saturated carbocycles. The average molecular weight is 483 g/mol. The van der Waals surface area contributed by atoms with Crippen LogP contribution in [-0.2, 0) is 18.0 Å². The van der Waals surface area contributed by atoms with E-state index in [0.29, 0.717) is 28.2 Å². The minimum atomic E-state index is -4.77. The molecule has 2 aromatic heterocycles. The van der Waals surface area contributed by atoms with Crippen LogP contribution in [0.25, 0.3) is 16.8 Å². The second-order valence-corrected chi connectivity index (χ2v) is 7.02. The zero-order valence-corrected chi connectivity index (χ0v) is 17.1. The van der Waals surface area contributed by atoms with E-state index in [2.05, 4.69) is 19.7 Å². The van der Waals surface area contributed by atoms with Crippen LogP contribution in [0.4, 0.5) is 26.3 Å². The van der Waals surface area contributed by atoms with Gasteiger partial charge in [-0.1, -0.05) is 24.3 Å². The first kappa shape index (κ1) is 23.4. The Bertz CT molecular complexity index is 1250. The van der Waals surface area contributed by atoms with Crippen molar-refractivity contribution in [3.05, 3.63) is 78.2 Å². The van der Waals surface area contributed by atoms with Crippen LogP contribution in [0.3, 0.4) is 0 Å². The molecule has 0 aliphatic carbocycles. The first-order valence-corrected chi connectivity index (χ1v) is 9.68. The summed E-state index contributed by atoms with van der Waals surface area (Å²) < 4.78 is 88.7. The molecule has 34 heavy (non-hydrogen) atoms. The van der Waals surface area contributed by atoms with E-state index in [0.717, 1.165) is 0 Å². The van der Waals surface area contributed by atoms with Crippen molar-refractivity contribution in [1.29, 1.82) is 0 Å². The lowest BCUT2D eigenvalue weighted by atomic mass is 10.1. The molecule has 0 saturated heterocycles. The first-order valence-electron chi connectivity index (χ1n) is 9.68. The molecular formula is C22H15F6N3O3. The fraction of sp³-hybridized carbons (Fsp3) is 0.182. The van der Waals surface area contributed by atoms with E-state index in [1.807, 2.05) is 0 Å². The second kappa shape index (κ2) is 9.21. The summed E-state index contributed by atoms with van der Waals surface area (Å²) in [7, 11) is 0. The highest BCUT2D eigenvalue weighted by Gasteiger charge is 2.31. The number of hydrogen-bond donors (Lipinski definition) is 0. The monoisotopic (exact) mass is 483 g/mol. The lowest BCUT2D eigenvalue weighted by Crippen LogP contribution is -2.17. The van der Waals surface area contributed by atoms with Crippen molar-refractivity contribution < 1.29 is 40.6 Å². The van der Waals surface area contributed by atoms with Crippen molar-refractivity contribution in [3.63, 3.8) is 0 Å². The Morgan fingerprint density at radius 3 is 1.79 bits per heavy atom. The number of aromatic nitrogens is 3. The molecular weight excluding hydrogens is 468 g/mol.